The number of hydrogen-bond acceptors (Lipinski definition) is 3. The Morgan fingerprint density at radius 2 is 2.35 bits per heavy atom. The van der Waals surface area contributed by atoms with Crippen LogP contribution in [0.25, 0.3) is 0 Å². The largest absolute Gasteiger partial charge is 0.316 e. The molecule has 0 aliphatic carbocycles. The van der Waals surface area contributed by atoms with Crippen LogP contribution < -0.4 is 5.32 Å². The van der Waals surface area contributed by atoms with Gasteiger partial charge in [-0.25, -0.2) is 0 Å². The van der Waals surface area contributed by atoms with Crippen LogP contribution in [0.1, 0.15) is 24.0 Å². The van der Waals surface area contributed by atoms with Gasteiger partial charge in [-0.2, -0.15) is 0 Å². The highest BCUT2D eigenvalue weighted by atomic mass is 16.6. The van der Waals surface area contributed by atoms with Crippen LogP contribution in [0.15, 0.2) is 18.2 Å². The number of nitrogens with zero attached hydrogens (tertiary/aromatic N) is 1. The molecule has 1 unspecified atom stereocenters. The standard InChI is InChI=1S/C13H18N2O2/c1-10-4-2-6-12(13(10)15(16)17)8-11-5-3-7-14-9-11/h2,4,6,11,14H,3,5,7-9H2,1H3. The third-order valence-corrected chi connectivity index (χ3v) is 3.41. The summed E-state index contributed by atoms with van der Waals surface area (Å²) in [4.78, 5) is 10.8. The fourth-order valence-electron chi connectivity index (χ4n) is 2.55. The molecule has 0 bridgehead atoms. The highest BCUT2D eigenvalue weighted by molar-refractivity contribution is 5.47. The van der Waals surface area contributed by atoms with Crippen LogP contribution in [0, 0.1) is 23.0 Å². The molecule has 1 N–H and O–H groups in total. The normalized spacial score (nSPS) is 20.2. The number of nitro groups is 1. The first-order valence-electron chi connectivity index (χ1n) is 6.12. The Morgan fingerprint density at radius 3 is 3.00 bits per heavy atom. The number of para-hydroxylation sites is 1. The quantitative estimate of drug-likeness (QED) is 0.645. The first-order chi connectivity index (χ1) is 8.18. The number of benzene rings is 1. The molecule has 0 aromatic heterocycles. The van der Waals surface area contributed by atoms with Crippen molar-refractivity contribution in [3.63, 3.8) is 0 Å². The molecule has 0 amide bonds. The lowest BCUT2D eigenvalue weighted by atomic mass is 9.91. The summed E-state index contributed by atoms with van der Waals surface area (Å²) in [5.74, 6) is 0.532. The summed E-state index contributed by atoms with van der Waals surface area (Å²) in [6.07, 6.45) is 3.15. The zero-order valence-corrected chi connectivity index (χ0v) is 10.1. The molecule has 1 aromatic carbocycles. The third-order valence-electron chi connectivity index (χ3n) is 3.41. The van der Waals surface area contributed by atoms with E-state index in [4.69, 9.17) is 0 Å². The SMILES string of the molecule is Cc1cccc(CC2CCCNC2)c1[N+](=O)[O-]. The zero-order chi connectivity index (χ0) is 12.3. The van der Waals surface area contributed by atoms with E-state index in [1.807, 2.05) is 12.1 Å². The molecular weight excluding hydrogens is 216 g/mol. The van der Waals surface area contributed by atoms with Crippen molar-refractivity contribution in [1.82, 2.24) is 5.32 Å². The molecule has 17 heavy (non-hydrogen) atoms. The van der Waals surface area contributed by atoms with Gasteiger partial charge in [0.05, 0.1) is 4.92 Å². The van der Waals surface area contributed by atoms with Crippen LogP contribution in [0.4, 0.5) is 5.69 Å². The van der Waals surface area contributed by atoms with Crippen LogP contribution in [0.3, 0.4) is 0 Å². The lowest BCUT2D eigenvalue weighted by Crippen LogP contribution is -2.31. The van der Waals surface area contributed by atoms with Crippen LogP contribution in [0.5, 0.6) is 0 Å². The highest BCUT2D eigenvalue weighted by Gasteiger charge is 2.21. The Balaban J connectivity index is 2.19. The van der Waals surface area contributed by atoms with Crippen LogP contribution in [0.2, 0.25) is 0 Å². The highest BCUT2D eigenvalue weighted by Crippen LogP contribution is 2.27. The fourth-order valence-corrected chi connectivity index (χ4v) is 2.55. The molecule has 4 nitrogen and oxygen atoms in total. The van der Waals surface area contributed by atoms with Gasteiger partial charge in [0, 0.05) is 11.1 Å². The Kier molecular flexibility index (Phi) is 3.74. The van der Waals surface area contributed by atoms with Gasteiger partial charge >= 0.3 is 0 Å². The summed E-state index contributed by atoms with van der Waals surface area (Å²) in [5.41, 5.74) is 1.94. The first-order valence-corrected chi connectivity index (χ1v) is 6.12. The second-order valence-corrected chi connectivity index (χ2v) is 4.76. The summed E-state index contributed by atoms with van der Waals surface area (Å²) in [6, 6.07) is 5.61. The van der Waals surface area contributed by atoms with Gasteiger partial charge in [-0.1, -0.05) is 18.2 Å². The van der Waals surface area contributed by atoms with Crippen molar-refractivity contribution in [1.29, 1.82) is 0 Å². The topological polar surface area (TPSA) is 55.2 Å². The summed E-state index contributed by atoms with van der Waals surface area (Å²) in [6.45, 7) is 3.86. The maximum atomic E-state index is 11.1. The fraction of sp³-hybridized carbons (Fsp3) is 0.538. The second kappa shape index (κ2) is 5.27. The van der Waals surface area contributed by atoms with E-state index in [0.29, 0.717) is 11.6 Å². The Labute approximate surface area is 101 Å². The van der Waals surface area contributed by atoms with Gasteiger partial charge in [0.2, 0.25) is 0 Å². The average Bonchev–Trinajstić information content (AvgIpc) is 2.30. The minimum atomic E-state index is -0.249. The summed E-state index contributed by atoms with van der Waals surface area (Å²) >= 11 is 0. The molecule has 1 heterocycles. The molecule has 1 fully saturated rings. The molecule has 0 saturated carbocycles. The Hall–Kier alpha value is -1.42. The van der Waals surface area contributed by atoms with Gasteiger partial charge in [-0.3, -0.25) is 10.1 Å². The summed E-state index contributed by atoms with van der Waals surface area (Å²) in [5, 5.41) is 14.4. The predicted octanol–water partition coefficient (Wildman–Crippen LogP) is 2.45. The van der Waals surface area contributed by atoms with Gasteiger partial charge in [0.1, 0.15) is 0 Å². The Bertz CT molecular complexity index is 412. The molecule has 4 heteroatoms. The molecule has 1 aromatic rings. The smallest absolute Gasteiger partial charge is 0.275 e. The molecule has 1 saturated heterocycles. The van der Waals surface area contributed by atoms with E-state index < -0.39 is 0 Å². The lowest BCUT2D eigenvalue weighted by molar-refractivity contribution is -0.386. The number of piperidine rings is 1. The molecule has 0 spiro atoms. The van der Waals surface area contributed by atoms with Crippen molar-refractivity contribution < 1.29 is 4.92 Å². The molecule has 1 aliphatic heterocycles. The van der Waals surface area contributed by atoms with Crippen LogP contribution in [-0.4, -0.2) is 18.0 Å². The van der Waals surface area contributed by atoms with E-state index in [1.165, 1.54) is 6.42 Å². The minimum Gasteiger partial charge on any atom is -0.316 e. The van der Waals surface area contributed by atoms with E-state index in [1.54, 1.807) is 13.0 Å². The number of aryl methyl sites for hydroxylation is 1. The van der Waals surface area contributed by atoms with Crippen LogP contribution >= 0.6 is 0 Å². The average molecular weight is 234 g/mol. The molecular formula is C13H18N2O2. The number of nitrogens with one attached hydrogen (secondary N) is 1. The minimum absolute atomic E-state index is 0.249. The number of nitro benzene ring substituents is 1. The van der Waals surface area contributed by atoms with Crippen molar-refractivity contribution in [2.75, 3.05) is 13.1 Å². The Morgan fingerprint density at radius 1 is 1.53 bits per heavy atom. The van der Waals surface area contributed by atoms with Gasteiger partial charge in [-0.15, -0.1) is 0 Å². The lowest BCUT2D eigenvalue weighted by Gasteiger charge is -2.22. The van der Waals surface area contributed by atoms with Gasteiger partial charge in [-0.05, 0) is 45.2 Å². The van der Waals surface area contributed by atoms with Gasteiger partial charge in [0.15, 0.2) is 0 Å². The van der Waals surface area contributed by atoms with E-state index in [2.05, 4.69) is 5.32 Å². The second-order valence-electron chi connectivity index (χ2n) is 4.76. The predicted molar refractivity (Wildman–Crippen MR) is 67.1 cm³/mol. The molecule has 1 atom stereocenters. The summed E-state index contributed by atoms with van der Waals surface area (Å²) < 4.78 is 0. The molecule has 2 rings (SSSR count). The van der Waals surface area contributed by atoms with E-state index in [-0.39, 0.29) is 4.92 Å². The zero-order valence-electron chi connectivity index (χ0n) is 10.1. The monoisotopic (exact) mass is 234 g/mol. The third kappa shape index (κ3) is 2.82. The molecule has 92 valence electrons. The first kappa shape index (κ1) is 12.0. The molecule has 1 aliphatic rings. The van der Waals surface area contributed by atoms with E-state index >= 15 is 0 Å². The maximum absolute atomic E-state index is 11.1. The summed E-state index contributed by atoms with van der Waals surface area (Å²) in [7, 11) is 0. The van der Waals surface area contributed by atoms with E-state index in [0.717, 1.165) is 37.1 Å². The van der Waals surface area contributed by atoms with Crippen molar-refractivity contribution in [3.8, 4) is 0 Å². The van der Waals surface area contributed by atoms with Gasteiger partial charge < -0.3 is 5.32 Å². The van der Waals surface area contributed by atoms with Crippen molar-refractivity contribution in [2.45, 2.75) is 26.2 Å². The van der Waals surface area contributed by atoms with Crippen LogP contribution in [-0.2, 0) is 6.42 Å². The number of hydrogen-bond donors (Lipinski definition) is 1. The molecule has 0 radical (unpaired) electrons. The number of rotatable bonds is 3. The van der Waals surface area contributed by atoms with Crippen molar-refractivity contribution in [3.05, 3.63) is 39.4 Å². The van der Waals surface area contributed by atoms with E-state index in [9.17, 15) is 10.1 Å². The van der Waals surface area contributed by atoms with Crippen molar-refractivity contribution in [2.24, 2.45) is 5.92 Å². The van der Waals surface area contributed by atoms with Gasteiger partial charge in [0.25, 0.3) is 5.69 Å². The maximum Gasteiger partial charge on any atom is 0.275 e. The van der Waals surface area contributed by atoms with Crippen molar-refractivity contribution >= 4 is 5.69 Å².